The third kappa shape index (κ3) is 4.91. The minimum absolute atomic E-state index is 0.00509. The van der Waals surface area contributed by atoms with Gasteiger partial charge in [-0.1, -0.05) is 39.0 Å². The van der Waals surface area contributed by atoms with Crippen molar-refractivity contribution in [2.45, 2.75) is 39.7 Å². The van der Waals surface area contributed by atoms with Gasteiger partial charge < -0.3 is 10.4 Å². The third-order valence-electron chi connectivity index (χ3n) is 3.50. The number of amides is 1. The van der Waals surface area contributed by atoms with Crippen LogP contribution in [0.2, 0.25) is 0 Å². The molecule has 1 unspecified atom stereocenters. The van der Waals surface area contributed by atoms with E-state index in [4.69, 9.17) is 0 Å². The molecule has 2 N–H and O–H groups in total. The van der Waals surface area contributed by atoms with Crippen molar-refractivity contribution in [3.63, 3.8) is 0 Å². The Balaban J connectivity index is 2.05. The van der Waals surface area contributed by atoms with Crippen LogP contribution in [0.3, 0.4) is 0 Å². The highest BCUT2D eigenvalue weighted by molar-refractivity contribution is 5.94. The van der Waals surface area contributed by atoms with Gasteiger partial charge in [-0.05, 0) is 30.4 Å². The summed E-state index contributed by atoms with van der Waals surface area (Å²) in [6.07, 6.45) is 2.36. The third-order valence-corrected chi connectivity index (χ3v) is 3.50. The number of aliphatic carboxylic acids is 1. The lowest BCUT2D eigenvalue weighted by Crippen LogP contribution is -2.41. The van der Waals surface area contributed by atoms with E-state index in [2.05, 4.69) is 15.5 Å². The van der Waals surface area contributed by atoms with Gasteiger partial charge in [0.15, 0.2) is 5.69 Å². The molecule has 1 aromatic heterocycles. The number of nitrogens with one attached hydrogen (secondary N) is 1. The molecule has 1 aromatic carbocycles. The van der Waals surface area contributed by atoms with Gasteiger partial charge in [-0.15, -0.1) is 5.10 Å². The van der Waals surface area contributed by atoms with Crippen molar-refractivity contribution < 1.29 is 14.7 Å². The first-order valence-electron chi connectivity index (χ1n) is 7.78. The summed E-state index contributed by atoms with van der Waals surface area (Å²) in [5.74, 6) is -1.60. The first kappa shape index (κ1) is 17.7. The normalized spacial score (nSPS) is 12.6. The number of carboxylic acid groups (broad SMARTS) is 1. The molecule has 0 aliphatic carbocycles. The van der Waals surface area contributed by atoms with Gasteiger partial charge in [0.2, 0.25) is 0 Å². The molecule has 1 heterocycles. The molecular formula is C17H22N4O3. The molecule has 7 nitrogen and oxygen atoms in total. The van der Waals surface area contributed by atoms with Crippen LogP contribution in [0.4, 0.5) is 0 Å². The van der Waals surface area contributed by atoms with Crippen LogP contribution in [-0.2, 0) is 4.79 Å². The molecule has 0 radical (unpaired) electrons. The van der Waals surface area contributed by atoms with Crippen LogP contribution in [-0.4, -0.2) is 38.0 Å². The Bertz CT molecular complexity index is 704. The molecule has 2 aromatic rings. The van der Waals surface area contributed by atoms with Gasteiger partial charge in [0, 0.05) is 0 Å². The monoisotopic (exact) mass is 330 g/mol. The second kappa shape index (κ2) is 7.25. The van der Waals surface area contributed by atoms with Crippen molar-refractivity contribution in [2.75, 3.05) is 0 Å². The highest BCUT2D eigenvalue weighted by Gasteiger charge is 2.24. The van der Waals surface area contributed by atoms with E-state index < -0.39 is 17.9 Å². The molecule has 0 spiro atoms. The molecule has 0 bridgehead atoms. The van der Waals surface area contributed by atoms with E-state index in [1.807, 2.05) is 51.1 Å². The zero-order valence-corrected chi connectivity index (χ0v) is 14.1. The van der Waals surface area contributed by atoms with Crippen molar-refractivity contribution in [1.82, 2.24) is 20.3 Å². The number of carbonyl (C=O) groups excluding carboxylic acids is 1. The number of nitrogens with zero attached hydrogens (tertiary/aromatic N) is 3. The summed E-state index contributed by atoms with van der Waals surface area (Å²) in [6, 6.07) is 8.22. The Hall–Kier alpha value is -2.70. The predicted octanol–water partition coefficient (Wildman–Crippen LogP) is 2.28. The van der Waals surface area contributed by atoms with Gasteiger partial charge in [0.05, 0.1) is 11.9 Å². The molecule has 1 amide bonds. The maximum absolute atomic E-state index is 12.2. The molecule has 0 aliphatic rings. The fourth-order valence-electron chi connectivity index (χ4n) is 2.12. The number of hydrogen-bond acceptors (Lipinski definition) is 4. The zero-order chi connectivity index (χ0) is 17.7. The zero-order valence-electron chi connectivity index (χ0n) is 14.1. The number of carbonyl (C=O) groups is 2. The quantitative estimate of drug-likeness (QED) is 0.847. The smallest absolute Gasteiger partial charge is 0.326 e. The summed E-state index contributed by atoms with van der Waals surface area (Å²) in [5, 5.41) is 20.0. The summed E-state index contributed by atoms with van der Waals surface area (Å²) >= 11 is 0. The fourth-order valence-corrected chi connectivity index (χ4v) is 2.12. The van der Waals surface area contributed by atoms with E-state index in [0.717, 1.165) is 5.69 Å². The van der Waals surface area contributed by atoms with Crippen LogP contribution < -0.4 is 5.32 Å². The lowest BCUT2D eigenvalue weighted by atomic mass is 9.88. The van der Waals surface area contributed by atoms with Crippen molar-refractivity contribution in [1.29, 1.82) is 0 Å². The Kier molecular flexibility index (Phi) is 5.33. The van der Waals surface area contributed by atoms with Crippen LogP contribution in [0.5, 0.6) is 0 Å². The SMILES string of the molecule is CC(C)(C)CCC(NC(=O)c1cnn(-c2ccccc2)n1)C(=O)O. The maximum atomic E-state index is 12.2. The Morgan fingerprint density at radius 2 is 1.92 bits per heavy atom. The fraction of sp³-hybridized carbons (Fsp3) is 0.412. The van der Waals surface area contributed by atoms with Gasteiger partial charge in [0.25, 0.3) is 5.91 Å². The van der Waals surface area contributed by atoms with Crippen LogP contribution in [0.25, 0.3) is 5.69 Å². The summed E-state index contributed by atoms with van der Waals surface area (Å²) in [5.41, 5.74) is 0.800. The molecule has 1 atom stereocenters. The van der Waals surface area contributed by atoms with Gasteiger partial charge in [0.1, 0.15) is 6.04 Å². The molecular weight excluding hydrogens is 308 g/mol. The Morgan fingerprint density at radius 1 is 1.25 bits per heavy atom. The van der Waals surface area contributed by atoms with E-state index in [1.165, 1.54) is 11.0 Å². The number of para-hydroxylation sites is 1. The first-order valence-corrected chi connectivity index (χ1v) is 7.78. The summed E-state index contributed by atoms with van der Waals surface area (Å²) in [6.45, 7) is 6.08. The van der Waals surface area contributed by atoms with Crippen LogP contribution in [0.1, 0.15) is 44.1 Å². The molecule has 0 saturated carbocycles. The molecule has 7 heteroatoms. The van der Waals surface area contributed by atoms with Crippen molar-refractivity contribution in [3.05, 3.63) is 42.2 Å². The number of benzene rings is 1. The van der Waals surface area contributed by atoms with Gasteiger partial charge >= 0.3 is 5.97 Å². The van der Waals surface area contributed by atoms with Crippen molar-refractivity contribution in [2.24, 2.45) is 5.41 Å². The summed E-state index contributed by atoms with van der Waals surface area (Å²) < 4.78 is 0. The molecule has 2 rings (SSSR count). The average Bonchev–Trinajstić information content (AvgIpc) is 3.01. The molecule has 0 saturated heterocycles. The molecule has 128 valence electrons. The van der Waals surface area contributed by atoms with Crippen LogP contribution in [0, 0.1) is 5.41 Å². The van der Waals surface area contributed by atoms with Gasteiger partial charge in [-0.3, -0.25) is 4.79 Å². The highest BCUT2D eigenvalue weighted by atomic mass is 16.4. The van der Waals surface area contributed by atoms with Gasteiger partial charge in [-0.2, -0.15) is 9.90 Å². The van der Waals surface area contributed by atoms with Crippen molar-refractivity contribution >= 4 is 11.9 Å². The summed E-state index contributed by atoms with van der Waals surface area (Å²) in [4.78, 5) is 24.9. The van der Waals surface area contributed by atoms with E-state index in [1.54, 1.807) is 0 Å². The molecule has 24 heavy (non-hydrogen) atoms. The number of carboxylic acids is 1. The molecule has 0 fully saturated rings. The van der Waals surface area contributed by atoms with Gasteiger partial charge in [-0.25, -0.2) is 4.79 Å². The lowest BCUT2D eigenvalue weighted by Gasteiger charge is -2.21. The minimum atomic E-state index is -1.05. The number of rotatable bonds is 6. The van der Waals surface area contributed by atoms with Crippen LogP contribution >= 0.6 is 0 Å². The first-order chi connectivity index (χ1) is 11.3. The highest BCUT2D eigenvalue weighted by Crippen LogP contribution is 2.21. The van der Waals surface area contributed by atoms with E-state index >= 15 is 0 Å². The number of hydrogen-bond donors (Lipinski definition) is 2. The average molecular weight is 330 g/mol. The predicted molar refractivity (Wildman–Crippen MR) is 88.9 cm³/mol. The maximum Gasteiger partial charge on any atom is 0.326 e. The molecule has 0 aliphatic heterocycles. The topological polar surface area (TPSA) is 97.1 Å². The number of aromatic nitrogens is 3. The standard InChI is InChI=1S/C17H22N4O3/c1-17(2,3)10-9-13(16(23)24)19-15(22)14-11-18-21(20-14)12-7-5-4-6-8-12/h4-8,11,13H,9-10H2,1-3H3,(H,19,22)(H,23,24). The summed E-state index contributed by atoms with van der Waals surface area (Å²) in [7, 11) is 0. The minimum Gasteiger partial charge on any atom is -0.480 e. The van der Waals surface area contributed by atoms with E-state index in [-0.39, 0.29) is 11.1 Å². The van der Waals surface area contributed by atoms with E-state index in [9.17, 15) is 14.7 Å². The van der Waals surface area contributed by atoms with Crippen LogP contribution in [0.15, 0.2) is 36.5 Å². The van der Waals surface area contributed by atoms with Crippen molar-refractivity contribution in [3.8, 4) is 5.69 Å². The Morgan fingerprint density at radius 3 is 2.50 bits per heavy atom. The largest absolute Gasteiger partial charge is 0.480 e. The van der Waals surface area contributed by atoms with E-state index in [0.29, 0.717) is 12.8 Å². The second-order valence-electron chi connectivity index (χ2n) is 6.82. The Labute approximate surface area is 140 Å². The second-order valence-corrected chi connectivity index (χ2v) is 6.82. The lowest BCUT2D eigenvalue weighted by molar-refractivity contribution is -0.139.